The normalized spacial score (nSPS) is 11.4. The number of aliphatic imine (C=N–C) groups is 1. The number of nitrogens with one attached hydrogen (secondary N) is 2. The predicted molar refractivity (Wildman–Crippen MR) is 118 cm³/mol. The van der Waals surface area contributed by atoms with Crippen molar-refractivity contribution in [3.05, 3.63) is 47.5 Å². The van der Waals surface area contributed by atoms with Gasteiger partial charge >= 0.3 is 6.18 Å². The summed E-state index contributed by atoms with van der Waals surface area (Å²) in [6.07, 6.45) is -4.33. The van der Waals surface area contributed by atoms with Gasteiger partial charge in [0.2, 0.25) is 5.91 Å². The van der Waals surface area contributed by atoms with E-state index in [1.54, 1.807) is 38.4 Å². The smallest absolute Gasteiger partial charge is 0.367 e. The van der Waals surface area contributed by atoms with Crippen LogP contribution in [0, 0.1) is 0 Å². The molecule has 1 amide bonds. The Balaban J connectivity index is 0.00000784. The van der Waals surface area contributed by atoms with E-state index >= 15 is 0 Å². The molecule has 0 aliphatic heterocycles. The highest BCUT2D eigenvalue weighted by Crippen LogP contribution is 2.16. The number of likely N-dealkylation sites (N-methyl/N-ethyl adjacent to an activating group) is 1. The van der Waals surface area contributed by atoms with E-state index in [2.05, 4.69) is 26.9 Å². The average molecular weight is 528 g/mol. The molecule has 0 spiro atoms. The number of nitrogens with zero attached hydrogens (tertiary/aromatic N) is 2. The number of carbonyl (C=O) groups is 1. The minimum atomic E-state index is -4.33. The summed E-state index contributed by atoms with van der Waals surface area (Å²) >= 11 is 0. The van der Waals surface area contributed by atoms with Crippen LogP contribution in [0.1, 0.15) is 18.1 Å². The van der Waals surface area contributed by atoms with Gasteiger partial charge in [0.1, 0.15) is 6.61 Å². The van der Waals surface area contributed by atoms with Gasteiger partial charge in [-0.3, -0.25) is 4.79 Å². The summed E-state index contributed by atoms with van der Waals surface area (Å²) in [5, 5.41) is 6.04. The van der Waals surface area contributed by atoms with Crippen LogP contribution in [0.2, 0.25) is 0 Å². The molecule has 0 bridgehead atoms. The van der Waals surface area contributed by atoms with Gasteiger partial charge in [0.05, 0.1) is 19.7 Å². The molecule has 0 atom stereocenters. The highest BCUT2D eigenvalue weighted by atomic mass is 127. The Kier molecular flexibility index (Phi) is 12.6. The van der Waals surface area contributed by atoms with Crippen LogP contribution in [0.25, 0.3) is 0 Å². The molecule has 29 heavy (non-hydrogen) atoms. The Bertz CT molecular complexity index is 677. The number of halogens is 4. The van der Waals surface area contributed by atoms with Crippen LogP contribution in [0.5, 0.6) is 0 Å². The first kappa shape index (κ1) is 27.2. The summed E-state index contributed by atoms with van der Waals surface area (Å²) in [6, 6.07) is 6.95. The molecular weight excluding hydrogens is 500 g/mol. The van der Waals surface area contributed by atoms with E-state index < -0.39 is 12.8 Å². The molecule has 0 aliphatic rings. The van der Waals surface area contributed by atoms with E-state index in [0.29, 0.717) is 24.6 Å². The first-order chi connectivity index (χ1) is 13.1. The summed E-state index contributed by atoms with van der Waals surface area (Å²) in [6.45, 7) is 5.26. The molecule has 0 fully saturated rings. The highest BCUT2D eigenvalue weighted by molar-refractivity contribution is 14.0. The van der Waals surface area contributed by atoms with Crippen molar-refractivity contribution in [1.82, 2.24) is 15.5 Å². The lowest BCUT2D eigenvalue weighted by Crippen LogP contribution is -2.43. The fourth-order valence-corrected chi connectivity index (χ4v) is 1.92. The summed E-state index contributed by atoms with van der Waals surface area (Å²) < 4.78 is 40.9. The molecule has 0 radical (unpaired) electrons. The quantitative estimate of drug-likeness (QED) is 0.224. The van der Waals surface area contributed by atoms with E-state index in [-0.39, 0.29) is 43.0 Å². The molecule has 2 N–H and O–H groups in total. The van der Waals surface area contributed by atoms with Crippen LogP contribution < -0.4 is 10.6 Å². The van der Waals surface area contributed by atoms with E-state index in [1.807, 2.05) is 6.92 Å². The molecule has 10 heteroatoms. The Morgan fingerprint density at radius 1 is 1.14 bits per heavy atom. The zero-order valence-electron chi connectivity index (χ0n) is 16.8. The van der Waals surface area contributed by atoms with Gasteiger partial charge in [-0.1, -0.05) is 36.4 Å². The molecule has 1 aromatic carbocycles. The third kappa shape index (κ3) is 13.1. The molecule has 6 nitrogen and oxygen atoms in total. The van der Waals surface area contributed by atoms with E-state index in [0.717, 1.165) is 11.1 Å². The van der Waals surface area contributed by atoms with Gasteiger partial charge in [0.25, 0.3) is 0 Å². The summed E-state index contributed by atoms with van der Waals surface area (Å²) in [4.78, 5) is 17.6. The van der Waals surface area contributed by atoms with Crippen molar-refractivity contribution in [2.75, 3.05) is 33.8 Å². The minimum absolute atomic E-state index is 0. The number of amides is 1. The number of hydrogen-bond donors (Lipinski definition) is 2. The van der Waals surface area contributed by atoms with Gasteiger partial charge in [0.15, 0.2) is 5.96 Å². The second kappa shape index (κ2) is 13.4. The van der Waals surface area contributed by atoms with E-state index in [4.69, 9.17) is 0 Å². The number of rotatable bonds is 9. The zero-order chi connectivity index (χ0) is 21.2. The molecule has 0 aromatic heterocycles. The number of benzene rings is 1. The first-order valence-corrected chi connectivity index (χ1v) is 8.66. The Morgan fingerprint density at radius 2 is 1.69 bits per heavy atom. The predicted octanol–water partition coefficient (Wildman–Crippen LogP) is 3.08. The average Bonchev–Trinajstić information content (AvgIpc) is 2.60. The standard InChI is InChI=1S/C19H27F3N4O2.HI/c1-14(2)9-23-18(25-11-17(27)26(3)4)24-10-15-5-7-16(8-6-15)12-28-13-19(20,21)22;/h5-8H,1,9-13H2,2-4H3,(H2,23,24,25);1H. The molecule has 0 saturated heterocycles. The third-order valence-electron chi connectivity index (χ3n) is 3.44. The molecule has 0 unspecified atom stereocenters. The largest absolute Gasteiger partial charge is 0.411 e. The number of guanidine groups is 1. The van der Waals surface area contributed by atoms with E-state index in [1.165, 1.54) is 4.90 Å². The maximum atomic E-state index is 12.1. The molecule has 1 aromatic rings. The number of alkyl halides is 3. The topological polar surface area (TPSA) is 66.0 Å². The molecular formula is C19H28F3IN4O2. The molecule has 0 aliphatic carbocycles. The van der Waals surface area contributed by atoms with E-state index in [9.17, 15) is 18.0 Å². The van der Waals surface area contributed by atoms with Crippen LogP contribution in [0.3, 0.4) is 0 Å². The summed E-state index contributed by atoms with van der Waals surface area (Å²) in [7, 11) is 3.34. The SMILES string of the molecule is C=C(C)CNC(=NCc1ccc(COCC(F)(F)F)cc1)NCC(=O)N(C)C.I. The lowest BCUT2D eigenvalue weighted by atomic mass is 10.1. The van der Waals surface area contributed by atoms with Crippen LogP contribution in [-0.2, 0) is 22.7 Å². The molecule has 0 heterocycles. The van der Waals surface area contributed by atoms with Crippen molar-refractivity contribution in [3.8, 4) is 0 Å². The Morgan fingerprint density at radius 3 is 2.21 bits per heavy atom. The van der Waals surface area contributed by atoms with Gasteiger partial charge in [-0.05, 0) is 18.1 Å². The van der Waals surface area contributed by atoms with Crippen LogP contribution in [0.4, 0.5) is 13.2 Å². The minimum Gasteiger partial charge on any atom is -0.367 e. The number of ether oxygens (including phenoxy) is 1. The second-order valence-corrected chi connectivity index (χ2v) is 6.54. The third-order valence-corrected chi connectivity index (χ3v) is 3.44. The van der Waals surface area contributed by atoms with Crippen molar-refractivity contribution in [2.24, 2.45) is 4.99 Å². The van der Waals surface area contributed by atoms with Crippen LogP contribution >= 0.6 is 24.0 Å². The van der Waals surface area contributed by atoms with Gasteiger partial charge in [0, 0.05) is 20.6 Å². The van der Waals surface area contributed by atoms with Crippen molar-refractivity contribution >= 4 is 35.8 Å². The van der Waals surface area contributed by atoms with Crippen molar-refractivity contribution in [1.29, 1.82) is 0 Å². The van der Waals surface area contributed by atoms with Crippen molar-refractivity contribution in [2.45, 2.75) is 26.3 Å². The number of carbonyl (C=O) groups excluding carboxylic acids is 1. The second-order valence-electron chi connectivity index (χ2n) is 6.54. The summed E-state index contributed by atoms with van der Waals surface area (Å²) in [5.41, 5.74) is 2.43. The lowest BCUT2D eigenvalue weighted by Gasteiger charge is -2.15. The Hall–Kier alpha value is -1.82. The van der Waals surface area contributed by atoms with Gasteiger partial charge in [-0.2, -0.15) is 13.2 Å². The molecule has 0 saturated carbocycles. The van der Waals surface area contributed by atoms with Gasteiger partial charge < -0.3 is 20.3 Å². The van der Waals surface area contributed by atoms with Crippen LogP contribution in [-0.4, -0.2) is 56.7 Å². The van der Waals surface area contributed by atoms with Gasteiger partial charge in [-0.25, -0.2) is 4.99 Å². The van der Waals surface area contributed by atoms with Crippen molar-refractivity contribution in [3.63, 3.8) is 0 Å². The maximum absolute atomic E-state index is 12.1. The van der Waals surface area contributed by atoms with Crippen molar-refractivity contribution < 1.29 is 22.7 Å². The maximum Gasteiger partial charge on any atom is 0.411 e. The van der Waals surface area contributed by atoms with Crippen LogP contribution in [0.15, 0.2) is 41.4 Å². The number of hydrogen-bond acceptors (Lipinski definition) is 3. The summed E-state index contributed by atoms with van der Waals surface area (Å²) in [5.74, 6) is 0.379. The fourth-order valence-electron chi connectivity index (χ4n) is 1.92. The monoisotopic (exact) mass is 528 g/mol. The van der Waals surface area contributed by atoms with Gasteiger partial charge in [-0.15, -0.1) is 24.0 Å². The first-order valence-electron chi connectivity index (χ1n) is 8.66. The fraction of sp³-hybridized carbons (Fsp3) is 0.474. The molecule has 1 rings (SSSR count). The lowest BCUT2D eigenvalue weighted by molar-refractivity contribution is -0.176. The molecule has 164 valence electrons. The Labute approximate surface area is 186 Å². The highest BCUT2D eigenvalue weighted by Gasteiger charge is 2.27. The zero-order valence-corrected chi connectivity index (χ0v) is 19.1.